The highest BCUT2D eigenvalue weighted by Gasteiger charge is 2.37. The van der Waals surface area contributed by atoms with Crippen molar-refractivity contribution in [3.05, 3.63) is 52.2 Å². The molecule has 1 aliphatic heterocycles. The van der Waals surface area contributed by atoms with Crippen LogP contribution in [0.3, 0.4) is 0 Å². The van der Waals surface area contributed by atoms with E-state index in [2.05, 4.69) is 48.8 Å². The molecule has 0 saturated heterocycles. The first-order valence-electron chi connectivity index (χ1n) is 10.8. The van der Waals surface area contributed by atoms with Crippen LogP contribution in [0.2, 0.25) is 0 Å². The smallest absolute Gasteiger partial charge is 0.234 e. The lowest BCUT2D eigenvalue weighted by atomic mass is 10.0. The molecule has 1 spiro atoms. The number of thiophene rings is 1. The second-order valence-electron chi connectivity index (χ2n) is 8.36. The Morgan fingerprint density at radius 2 is 1.83 bits per heavy atom. The summed E-state index contributed by atoms with van der Waals surface area (Å²) in [5.74, 6) is 0.815. The largest absolute Gasteiger partial charge is 0.325 e. The molecular weight excluding hydrogens is 410 g/mol. The fraction of sp³-hybridized carbons (Fsp3) is 0.458. The first-order valence-corrected chi connectivity index (χ1v) is 12.7. The van der Waals surface area contributed by atoms with Crippen LogP contribution in [0.4, 0.5) is 5.69 Å². The quantitative estimate of drug-likeness (QED) is 0.578. The Morgan fingerprint density at radius 1 is 1.10 bits per heavy atom. The molecule has 2 aromatic rings. The Morgan fingerprint density at radius 3 is 2.47 bits per heavy atom. The van der Waals surface area contributed by atoms with Crippen molar-refractivity contribution < 1.29 is 4.79 Å². The standard InChI is InChI=1S/C24H29N3OS2/c1-17(2)18-9-11-19(12-10-18)25-21(28)16-30-23-22(20-8-7-15-29-20)26-24(27-23)13-5-3-4-6-14-24/h7-12,15,17H,3-6,13-14,16H2,1-2H3,(H,25,28). The number of thioether (sulfide) groups is 1. The van der Waals surface area contributed by atoms with Crippen LogP contribution in [-0.4, -0.2) is 28.1 Å². The molecule has 30 heavy (non-hydrogen) atoms. The van der Waals surface area contributed by atoms with Gasteiger partial charge in [-0.2, -0.15) is 0 Å². The SMILES string of the molecule is CC(C)c1ccc(NC(=O)CSC2=NC3(CCCCCC3)N=C2c2cccs2)cc1. The summed E-state index contributed by atoms with van der Waals surface area (Å²) >= 11 is 3.21. The highest BCUT2D eigenvalue weighted by molar-refractivity contribution is 8.16. The zero-order chi connectivity index (χ0) is 21.0. The molecular formula is C24H29N3OS2. The molecule has 1 aromatic heterocycles. The first-order chi connectivity index (χ1) is 14.5. The van der Waals surface area contributed by atoms with Gasteiger partial charge < -0.3 is 5.32 Å². The average molecular weight is 440 g/mol. The molecule has 2 heterocycles. The molecule has 1 amide bonds. The predicted octanol–water partition coefficient (Wildman–Crippen LogP) is 6.50. The molecule has 0 bridgehead atoms. The number of hydrogen-bond acceptors (Lipinski definition) is 5. The van der Waals surface area contributed by atoms with E-state index in [0.717, 1.165) is 34.2 Å². The molecule has 0 radical (unpaired) electrons. The van der Waals surface area contributed by atoms with Gasteiger partial charge in [-0.25, -0.2) is 4.99 Å². The lowest BCUT2D eigenvalue weighted by Gasteiger charge is -2.20. The zero-order valence-corrected chi connectivity index (χ0v) is 19.3. The van der Waals surface area contributed by atoms with Crippen LogP contribution in [0.5, 0.6) is 0 Å². The lowest BCUT2D eigenvalue weighted by molar-refractivity contribution is -0.113. The van der Waals surface area contributed by atoms with Gasteiger partial charge in [-0.05, 0) is 60.7 Å². The summed E-state index contributed by atoms with van der Waals surface area (Å²) in [5.41, 5.74) is 2.78. The van der Waals surface area contributed by atoms with E-state index in [-0.39, 0.29) is 11.6 Å². The molecule has 1 aliphatic carbocycles. The van der Waals surface area contributed by atoms with Gasteiger partial charge in [-0.1, -0.05) is 56.7 Å². The van der Waals surface area contributed by atoms with E-state index in [9.17, 15) is 4.79 Å². The minimum atomic E-state index is -0.304. The summed E-state index contributed by atoms with van der Waals surface area (Å²) in [6, 6.07) is 12.3. The van der Waals surface area contributed by atoms with Crippen molar-refractivity contribution in [3.63, 3.8) is 0 Å². The molecule has 4 nitrogen and oxygen atoms in total. The number of nitrogens with zero attached hydrogens (tertiary/aromatic N) is 2. The van der Waals surface area contributed by atoms with Crippen molar-refractivity contribution in [1.82, 2.24) is 0 Å². The van der Waals surface area contributed by atoms with E-state index >= 15 is 0 Å². The van der Waals surface area contributed by atoms with Crippen molar-refractivity contribution in [1.29, 1.82) is 0 Å². The highest BCUT2D eigenvalue weighted by atomic mass is 32.2. The summed E-state index contributed by atoms with van der Waals surface area (Å²) in [6.07, 6.45) is 6.91. The number of aliphatic imine (C=N–C) groups is 2. The minimum absolute atomic E-state index is 0.00709. The predicted molar refractivity (Wildman–Crippen MR) is 130 cm³/mol. The van der Waals surface area contributed by atoms with E-state index in [1.165, 1.54) is 43.0 Å². The topological polar surface area (TPSA) is 53.8 Å². The summed E-state index contributed by atoms with van der Waals surface area (Å²) < 4.78 is 0. The monoisotopic (exact) mass is 439 g/mol. The molecule has 1 saturated carbocycles. The Kier molecular flexibility index (Phi) is 6.74. The van der Waals surface area contributed by atoms with Gasteiger partial charge in [0.1, 0.15) is 10.8 Å². The Labute approximate surface area is 187 Å². The summed E-state index contributed by atoms with van der Waals surface area (Å²) in [5, 5.41) is 6.01. The second-order valence-corrected chi connectivity index (χ2v) is 10.3. The summed E-state index contributed by atoms with van der Waals surface area (Å²) in [4.78, 5) is 23.9. The van der Waals surface area contributed by atoms with Crippen LogP contribution in [0.25, 0.3) is 0 Å². The van der Waals surface area contributed by atoms with Crippen LogP contribution in [0, 0.1) is 0 Å². The second kappa shape index (κ2) is 9.48. The molecule has 4 rings (SSSR count). The van der Waals surface area contributed by atoms with E-state index in [4.69, 9.17) is 9.98 Å². The normalized spacial score (nSPS) is 18.2. The van der Waals surface area contributed by atoms with Crippen LogP contribution in [-0.2, 0) is 4.79 Å². The number of amides is 1. The number of anilines is 1. The van der Waals surface area contributed by atoms with E-state index in [0.29, 0.717) is 11.7 Å². The molecule has 6 heteroatoms. The zero-order valence-electron chi connectivity index (χ0n) is 17.7. The van der Waals surface area contributed by atoms with Crippen molar-refractivity contribution in [2.75, 3.05) is 11.1 Å². The van der Waals surface area contributed by atoms with Crippen molar-refractivity contribution in [2.45, 2.75) is 64.0 Å². The van der Waals surface area contributed by atoms with Crippen LogP contribution in [0.1, 0.15) is 68.7 Å². The van der Waals surface area contributed by atoms with Gasteiger partial charge in [0.05, 0.1) is 10.6 Å². The first kappa shape index (κ1) is 21.3. The minimum Gasteiger partial charge on any atom is -0.325 e. The van der Waals surface area contributed by atoms with Crippen LogP contribution >= 0.6 is 23.1 Å². The third kappa shape index (κ3) is 5.03. The van der Waals surface area contributed by atoms with Crippen molar-refractivity contribution in [3.8, 4) is 0 Å². The third-order valence-corrected chi connectivity index (χ3v) is 7.53. The fourth-order valence-corrected chi connectivity index (χ4v) is 5.64. The van der Waals surface area contributed by atoms with Gasteiger partial charge in [0.2, 0.25) is 5.91 Å². The van der Waals surface area contributed by atoms with Gasteiger partial charge in [-0.15, -0.1) is 11.3 Å². The molecule has 2 aliphatic rings. The molecule has 0 atom stereocenters. The van der Waals surface area contributed by atoms with Gasteiger partial charge in [-0.3, -0.25) is 9.79 Å². The summed E-state index contributed by atoms with van der Waals surface area (Å²) in [7, 11) is 0. The third-order valence-electron chi connectivity index (χ3n) is 5.69. The van der Waals surface area contributed by atoms with Gasteiger partial charge in [0.25, 0.3) is 0 Å². The Bertz CT molecular complexity index is 922. The lowest BCUT2D eigenvalue weighted by Crippen LogP contribution is -2.20. The van der Waals surface area contributed by atoms with E-state index in [1.54, 1.807) is 11.3 Å². The number of rotatable bonds is 5. The molecule has 1 fully saturated rings. The molecule has 1 N–H and O–H groups in total. The molecule has 0 unspecified atom stereocenters. The van der Waals surface area contributed by atoms with Crippen LogP contribution < -0.4 is 5.32 Å². The van der Waals surface area contributed by atoms with Crippen LogP contribution in [0.15, 0.2) is 51.8 Å². The number of benzene rings is 1. The Hall–Kier alpha value is -1.92. The fourth-order valence-electron chi connectivity index (χ4n) is 4.00. The number of nitrogens with one attached hydrogen (secondary N) is 1. The summed E-state index contributed by atoms with van der Waals surface area (Å²) in [6.45, 7) is 4.33. The molecule has 158 valence electrons. The average Bonchev–Trinajstić information content (AvgIpc) is 3.32. The van der Waals surface area contributed by atoms with Crippen molar-refractivity contribution >= 4 is 45.4 Å². The van der Waals surface area contributed by atoms with Crippen molar-refractivity contribution in [2.24, 2.45) is 9.98 Å². The maximum absolute atomic E-state index is 12.6. The van der Waals surface area contributed by atoms with Gasteiger partial charge in [0.15, 0.2) is 5.66 Å². The number of carbonyl (C=O) groups excluding carboxylic acids is 1. The van der Waals surface area contributed by atoms with Gasteiger partial charge >= 0.3 is 0 Å². The number of hydrogen-bond donors (Lipinski definition) is 1. The Balaban J connectivity index is 1.44. The highest BCUT2D eigenvalue weighted by Crippen LogP contribution is 2.38. The van der Waals surface area contributed by atoms with Gasteiger partial charge in [0, 0.05) is 5.69 Å². The van der Waals surface area contributed by atoms with E-state index in [1.807, 2.05) is 12.1 Å². The number of carbonyl (C=O) groups is 1. The van der Waals surface area contributed by atoms with E-state index < -0.39 is 0 Å². The maximum atomic E-state index is 12.6. The maximum Gasteiger partial charge on any atom is 0.234 e. The molecule has 1 aromatic carbocycles.